The second-order valence-corrected chi connectivity index (χ2v) is 7.06. The van der Waals surface area contributed by atoms with Gasteiger partial charge < -0.3 is 4.74 Å². The number of rotatable bonds is 5. The van der Waals surface area contributed by atoms with E-state index in [9.17, 15) is 4.39 Å². The summed E-state index contributed by atoms with van der Waals surface area (Å²) in [6, 6.07) is 14.2. The summed E-state index contributed by atoms with van der Waals surface area (Å²) in [4.78, 5) is 0.734. The second kappa shape index (κ2) is 6.84. The molecule has 2 aromatic heterocycles. The lowest BCUT2D eigenvalue weighted by molar-refractivity contribution is 0.224. The molecule has 0 bridgehead atoms. The third-order valence-electron chi connectivity index (χ3n) is 4.16. The summed E-state index contributed by atoms with van der Waals surface area (Å²) < 4.78 is 20.6. The van der Waals surface area contributed by atoms with Crippen LogP contribution in [0.15, 0.2) is 48.5 Å². The molecule has 0 aliphatic heterocycles. The van der Waals surface area contributed by atoms with Crippen molar-refractivity contribution in [3.63, 3.8) is 0 Å². The first-order valence-corrected chi connectivity index (χ1v) is 9.09. The number of fused-ring (bicyclic) bond motifs is 1. The Balaban J connectivity index is 1.57. The van der Waals surface area contributed by atoms with E-state index in [-0.39, 0.29) is 11.9 Å². The van der Waals surface area contributed by atoms with Gasteiger partial charge in [-0.3, -0.25) is 0 Å². The molecule has 132 valence electrons. The van der Waals surface area contributed by atoms with Crippen molar-refractivity contribution in [2.75, 3.05) is 0 Å². The van der Waals surface area contributed by atoms with E-state index in [1.807, 2.05) is 19.1 Å². The summed E-state index contributed by atoms with van der Waals surface area (Å²) in [5.74, 6) is 1.11. The van der Waals surface area contributed by atoms with Crippen LogP contribution in [0.2, 0.25) is 0 Å². The summed E-state index contributed by atoms with van der Waals surface area (Å²) in [7, 11) is 0. The van der Waals surface area contributed by atoms with Crippen molar-refractivity contribution in [2.24, 2.45) is 0 Å². The molecule has 0 amide bonds. The first-order chi connectivity index (χ1) is 12.6. The molecule has 4 aromatic rings. The molecular formula is C19H17FN4OS. The van der Waals surface area contributed by atoms with Crippen molar-refractivity contribution in [3.8, 4) is 5.75 Å². The highest BCUT2D eigenvalue weighted by Gasteiger charge is 2.18. The van der Waals surface area contributed by atoms with Crippen LogP contribution >= 0.6 is 11.3 Å². The average Bonchev–Trinajstić information content (AvgIpc) is 3.21. The highest BCUT2D eigenvalue weighted by Crippen LogP contribution is 2.26. The molecule has 0 aliphatic carbocycles. The highest BCUT2D eigenvalue weighted by molar-refractivity contribution is 7.16. The number of aromatic nitrogens is 4. The Morgan fingerprint density at radius 3 is 2.65 bits per heavy atom. The van der Waals surface area contributed by atoms with E-state index in [2.05, 4.69) is 34.4 Å². The molecule has 5 nitrogen and oxygen atoms in total. The molecule has 0 unspecified atom stereocenters. The summed E-state index contributed by atoms with van der Waals surface area (Å²) in [6.45, 7) is 3.99. The second-order valence-electron chi connectivity index (χ2n) is 6.07. The lowest BCUT2D eigenvalue weighted by Crippen LogP contribution is -2.05. The molecule has 0 saturated carbocycles. The summed E-state index contributed by atoms with van der Waals surface area (Å²) in [5.41, 5.74) is 2.42. The fraction of sp³-hybridized carbons (Fsp3) is 0.211. The van der Waals surface area contributed by atoms with E-state index in [0.29, 0.717) is 12.2 Å². The third kappa shape index (κ3) is 3.30. The first-order valence-electron chi connectivity index (χ1n) is 8.28. The Bertz CT molecular complexity index is 1040. The molecule has 0 radical (unpaired) electrons. The predicted molar refractivity (Wildman–Crippen MR) is 98.1 cm³/mol. The molecule has 0 N–H and O–H groups in total. The maximum Gasteiger partial charge on any atom is 0.234 e. The van der Waals surface area contributed by atoms with Crippen molar-refractivity contribution >= 4 is 16.3 Å². The van der Waals surface area contributed by atoms with Crippen LogP contribution in [0, 0.1) is 12.7 Å². The zero-order valence-electron chi connectivity index (χ0n) is 14.4. The van der Waals surface area contributed by atoms with Gasteiger partial charge in [-0.15, -0.1) is 10.2 Å². The van der Waals surface area contributed by atoms with Gasteiger partial charge in [0.2, 0.25) is 4.96 Å². The SMILES string of the molecule is Cc1ccccc1Cc1nnc2sc([C@@H](C)Oc3ccc(F)cc3)nn12. The minimum atomic E-state index is -0.287. The van der Waals surface area contributed by atoms with Gasteiger partial charge in [0, 0.05) is 6.42 Å². The monoisotopic (exact) mass is 368 g/mol. The Labute approximate surface area is 154 Å². The Morgan fingerprint density at radius 2 is 1.88 bits per heavy atom. The average molecular weight is 368 g/mol. The molecule has 0 saturated heterocycles. The third-order valence-corrected chi connectivity index (χ3v) is 5.22. The van der Waals surface area contributed by atoms with E-state index in [1.165, 1.54) is 34.6 Å². The Kier molecular flexibility index (Phi) is 4.38. The summed E-state index contributed by atoms with van der Waals surface area (Å²) in [6.07, 6.45) is 0.406. The lowest BCUT2D eigenvalue weighted by atomic mass is 10.1. The molecule has 1 atom stereocenters. The number of aryl methyl sites for hydroxylation is 1. The molecule has 0 spiro atoms. The van der Waals surface area contributed by atoms with Crippen LogP contribution in [0.5, 0.6) is 5.75 Å². The van der Waals surface area contributed by atoms with E-state index in [1.54, 1.807) is 16.6 Å². The number of ether oxygens (including phenoxy) is 1. The zero-order chi connectivity index (χ0) is 18.1. The fourth-order valence-corrected chi connectivity index (χ4v) is 3.53. The fourth-order valence-electron chi connectivity index (χ4n) is 2.69. The van der Waals surface area contributed by atoms with Crippen LogP contribution in [-0.4, -0.2) is 19.8 Å². The van der Waals surface area contributed by atoms with E-state index >= 15 is 0 Å². The molecule has 26 heavy (non-hydrogen) atoms. The van der Waals surface area contributed by atoms with E-state index in [0.717, 1.165) is 15.8 Å². The van der Waals surface area contributed by atoms with Gasteiger partial charge in [-0.05, 0) is 49.2 Å². The van der Waals surface area contributed by atoms with Crippen molar-refractivity contribution in [1.29, 1.82) is 0 Å². The quantitative estimate of drug-likeness (QED) is 0.525. The van der Waals surface area contributed by atoms with Gasteiger partial charge in [-0.25, -0.2) is 4.39 Å². The lowest BCUT2D eigenvalue weighted by Gasteiger charge is -2.11. The number of benzene rings is 2. The van der Waals surface area contributed by atoms with E-state index in [4.69, 9.17) is 4.74 Å². The number of hydrogen-bond acceptors (Lipinski definition) is 5. The minimum absolute atomic E-state index is 0.265. The molecule has 7 heteroatoms. The first kappa shape index (κ1) is 16.7. The molecule has 0 aliphatic rings. The molecule has 2 aromatic carbocycles. The molecule has 2 heterocycles. The van der Waals surface area contributed by atoms with Crippen molar-refractivity contribution in [2.45, 2.75) is 26.4 Å². The minimum Gasteiger partial charge on any atom is -0.483 e. The largest absolute Gasteiger partial charge is 0.483 e. The smallest absolute Gasteiger partial charge is 0.234 e. The van der Waals surface area contributed by atoms with Crippen molar-refractivity contribution in [1.82, 2.24) is 19.8 Å². The van der Waals surface area contributed by atoms with Gasteiger partial charge in [0.15, 0.2) is 10.8 Å². The highest BCUT2D eigenvalue weighted by atomic mass is 32.1. The maximum atomic E-state index is 13.0. The van der Waals surface area contributed by atoms with Gasteiger partial charge in [0.05, 0.1) is 0 Å². The van der Waals surface area contributed by atoms with Gasteiger partial charge >= 0.3 is 0 Å². The van der Waals surface area contributed by atoms with Gasteiger partial charge in [-0.1, -0.05) is 35.6 Å². The van der Waals surface area contributed by atoms with Gasteiger partial charge in [-0.2, -0.15) is 9.61 Å². The Morgan fingerprint density at radius 1 is 1.12 bits per heavy atom. The van der Waals surface area contributed by atoms with E-state index < -0.39 is 0 Å². The van der Waals surface area contributed by atoms with Crippen LogP contribution in [0.4, 0.5) is 4.39 Å². The number of nitrogens with zero attached hydrogens (tertiary/aromatic N) is 4. The number of halogens is 1. The Hall–Kier alpha value is -2.80. The van der Waals surface area contributed by atoms with Crippen LogP contribution in [0.1, 0.15) is 35.0 Å². The summed E-state index contributed by atoms with van der Waals surface area (Å²) >= 11 is 1.44. The predicted octanol–water partition coefficient (Wildman–Crippen LogP) is 4.36. The van der Waals surface area contributed by atoms with Crippen LogP contribution in [-0.2, 0) is 6.42 Å². The van der Waals surface area contributed by atoms with Crippen LogP contribution in [0.25, 0.3) is 4.96 Å². The molecular weight excluding hydrogens is 351 g/mol. The van der Waals surface area contributed by atoms with Gasteiger partial charge in [0.1, 0.15) is 17.7 Å². The molecule has 0 fully saturated rings. The zero-order valence-corrected chi connectivity index (χ0v) is 15.2. The van der Waals surface area contributed by atoms with Crippen LogP contribution < -0.4 is 4.74 Å². The normalized spacial score (nSPS) is 12.4. The van der Waals surface area contributed by atoms with Crippen molar-refractivity contribution in [3.05, 3.63) is 76.3 Å². The number of hydrogen-bond donors (Lipinski definition) is 0. The van der Waals surface area contributed by atoms with Crippen molar-refractivity contribution < 1.29 is 9.13 Å². The summed E-state index contributed by atoms with van der Waals surface area (Å²) in [5, 5.41) is 13.9. The standard InChI is InChI=1S/C19H17FN4OS/c1-12-5-3-4-6-14(12)11-17-21-22-19-24(17)23-18(26-19)13(2)25-16-9-7-15(20)8-10-16/h3-10,13H,11H2,1-2H3/t13-/m1/s1. The topological polar surface area (TPSA) is 52.3 Å². The van der Waals surface area contributed by atoms with Gasteiger partial charge in [0.25, 0.3) is 0 Å². The maximum absolute atomic E-state index is 13.0. The molecule has 4 rings (SSSR count). The van der Waals surface area contributed by atoms with Crippen LogP contribution in [0.3, 0.4) is 0 Å².